The van der Waals surface area contributed by atoms with Crippen LogP contribution in [0.25, 0.3) is 0 Å². The van der Waals surface area contributed by atoms with E-state index in [-0.39, 0.29) is 12.7 Å². The highest BCUT2D eigenvalue weighted by molar-refractivity contribution is 6.31. The summed E-state index contributed by atoms with van der Waals surface area (Å²) < 4.78 is 24.1. The van der Waals surface area contributed by atoms with Crippen LogP contribution in [-0.2, 0) is 26.4 Å². The number of fused-ring (bicyclic) bond motifs is 2. The van der Waals surface area contributed by atoms with Gasteiger partial charge in [0.2, 0.25) is 11.6 Å². The van der Waals surface area contributed by atoms with Crippen molar-refractivity contribution in [3.63, 3.8) is 0 Å². The maximum atomic E-state index is 10.9. The molecule has 6 nitrogen and oxygen atoms in total. The van der Waals surface area contributed by atoms with E-state index in [1.54, 1.807) is 0 Å². The third kappa shape index (κ3) is 3.73. The quantitative estimate of drug-likeness (QED) is 0.655. The number of aliphatic hydroxyl groups excluding tert-OH is 2. The van der Waals surface area contributed by atoms with Crippen LogP contribution in [0.4, 0.5) is 0 Å². The zero-order valence-electron chi connectivity index (χ0n) is 18.3. The fourth-order valence-corrected chi connectivity index (χ4v) is 4.85. The maximum absolute atomic E-state index is 10.9. The summed E-state index contributed by atoms with van der Waals surface area (Å²) >= 11 is 6.54. The van der Waals surface area contributed by atoms with Gasteiger partial charge in [-0.3, -0.25) is 0 Å². The third-order valence-corrected chi connectivity index (χ3v) is 7.03. The molecule has 3 fully saturated rings. The lowest BCUT2D eigenvalue weighted by atomic mass is 9.82. The molecule has 0 radical (unpaired) electrons. The highest BCUT2D eigenvalue weighted by Gasteiger charge is 2.67. The first-order chi connectivity index (χ1) is 15.4. The first kappa shape index (κ1) is 22.1. The van der Waals surface area contributed by atoms with E-state index in [9.17, 15) is 10.2 Å². The van der Waals surface area contributed by atoms with Crippen LogP contribution in [0.3, 0.4) is 0 Å². The fraction of sp³-hybridized carbons (Fsp3) is 0.520. The molecule has 2 aromatic carbocycles. The summed E-state index contributed by atoms with van der Waals surface area (Å²) in [5, 5.41) is 22.3. The van der Waals surface area contributed by atoms with Crippen LogP contribution >= 0.6 is 11.6 Å². The van der Waals surface area contributed by atoms with Crippen molar-refractivity contribution in [3.05, 3.63) is 64.2 Å². The molecule has 2 aromatic rings. The molecule has 172 valence electrons. The van der Waals surface area contributed by atoms with Crippen molar-refractivity contribution in [1.29, 1.82) is 0 Å². The number of rotatable bonds is 7. The van der Waals surface area contributed by atoms with E-state index in [0.717, 1.165) is 35.3 Å². The molecule has 5 atom stereocenters. The van der Waals surface area contributed by atoms with Gasteiger partial charge in [-0.15, -0.1) is 0 Å². The van der Waals surface area contributed by atoms with Gasteiger partial charge in [0, 0.05) is 16.5 Å². The van der Waals surface area contributed by atoms with Crippen LogP contribution in [0, 0.1) is 5.92 Å². The summed E-state index contributed by atoms with van der Waals surface area (Å²) in [6.07, 6.45) is 0.274. The van der Waals surface area contributed by atoms with Crippen molar-refractivity contribution in [2.45, 2.75) is 63.0 Å². The number of ether oxygens (including phenoxy) is 4. The van der Waals surface area contributed by atoms with Gasteiger partial charge < -0.3 is 29.2 Å². The van der Waals surface area contributed by atoms with Gasteiger partial charge in [0.25, 0.3) is 0 Å². The molecule has 5 unspecified atom stereocenters. The third-order valence-electron chi connectivity index (χ3n) is 6.67. The number of aliphatic hydroxyl groups is 2. The van der Waals surface area contributed by atoms with E-state index in [1.807, 2.05) is 56.3 Å². The Bertz CT molecular complexity index is 977. The van der Waals surface area contributed by atoms with Gasteiger partial charge in [0.15, 0.2) is 0 Å². The first-order valence-electron chi connectivity index (χ1n) is 11.3. The standard InChI is InChI=1S/C25H29ClO6/c1-3-29-19-7-4-16(5-8-19)12-17-13-18(6-11-21(17)26)25-15(2)22(27)23(28)24(32-25,14-30-25)31-20-9-10-20/h4-8,11,13,15,20,22-23,27-28H,3,9-10,12,14H2,1-2H3. The summed E-state index contributed by atoms with van der Waals surface area (Å²) in [7, 11) is 0. The second-order valence-electron chi connectivity index (χ2n) is 8.97. The highest BCUT2D eigenvalue weighted by Crippen LogP contribution is 2.54. The molecule has 0 spiro atoms. The molecule has 32 heavy (non-hydrogen) atoms. The van der Waals surface area contributed by atoms with Gasteiger partial charge in [-0.25, -0.2) is 0 Å². The van der Waals surface area contributed by atoms with Crippen molar-refractivity contribution in [3.8, 4) is 5.75 Å². The lowest BCUT2D eigenvalue weighted by molar-refractivity contribution is -0.370. The van der Waals surface area contributed by atoms with Crippen molar-refractivity contribution in [2.75, 3.05) is 13.2 Å². The topological polar surface area (TPSA) is 77.4 Å². The van der Waals surface area contributed by atoms with Gasteiger partial charge in [-0.1, -0.05) is 36.7 Å². The zero-order valence-corrected chi connectivity index (χ0v) is 19.0. The minimum Gasteiger partial charge on any atom is -0.494 e. The van der Waals surface area contributed by atoms with E-state index < -0.39 is 29.7 Å². The Kier molecular flexibility index (Phi) is 5.73. The van der Waals surface area contributed by atoms with Crippen molar-refractivity contribution < 1.29 is 29.2 Å². The average Bonchev–Trinajstić information content (AvgIpc) is 3.53. The lowest BCUT2D eigenvalue weighted by Crippen LogP contribution is -2.62. The maximum Gasteiger partial charge on any atom is 0.224 e. The number of hydrogen-bond donors (Lipinski definition) is 2. The van der Waals surface area contributed by atoms with Gasteiger partial charge in [-0.05, 0) is 61.6 Å². The monoisotopic (exact) mass is 460 g/mol. The minimum atomic E-state index is -1.36. The molecule has 2 heterocycles. The first-order valence-corrected chi connectivity index (χ1v) is 11.6. The van der Waals surface area contributed by atoms with E-state index >= 15 is 0 Å². The Morgan fingerprint density at radius 3 is 2.56 bits per heavy atom. The van der Waals surface area contributed by atoms with Gasteiger partial charge >= 0.3 is 0 Å². The molecule has 5 rings (SSSR count). The second-order valence-corrected chi connectivity index (χ2v) is 9.38. The van der Waals surface area contributed by atoms with E-state index in [4.69, 9.17) is 30.5 Å². The summed E-state index contributed by atoms with van der Waals surface area (Å²) in [5.41, 5.74) is 2.77. The summed E-state index contributed by atoms with van der Waals surface area (Å²) in [5.74, 6) is -2.25. The average molecular weight is 461 g/mol. The van der Waals surface area contributed by atoms with E-state index in [1.165, 1.54) is 0 Å². The highest BCUT2D eigenvalue weighted by atomic mass is 35.5. The summed E-state index contributed by atoms with van der Waals surface area (Å²) in [6.45, 7) is 4.46. The lowest BCUT2D eigenvalue weighted by Gasteiger charge is -2.47. The van der Waals surface area contributed by atoms with Gasteiger partial charge in [-0.2, -0.15) is 0 Å². The predicted octanol–water partition coefficient (Wildman–Crippen LogP) is 3.78. The Balaban J connectivity index is 1.45. The molecule has 7 heteroatoms. The molecule has 0 amide bonds. The summed E-state index contributed by atoms with van der Waals surface area (Å²) in [6, 6.07) is 13.6. The molecule has 1 saturated carbocycles. The molecule has 1 aliphatic carbocycles. The fourth-order valence-electron chi connectivity index (χ4n) is 4.67. The smallest absolute Gasteiger partial charge is 0.224 e. The largest absolute Gasteiger partial charge is 0.494 e. The minimum absolute atomic E-state index is 0.0325. The second kappa shape index (κ2) is 8.28. The SMILES string of the molecule is CCOc1ccc(Cc2cc(C34OCC(OC5CC5)(O3)C(O)C(O)C4C)ccc2Cl)cc1. The van der Waals surface area contributed by atoms with Crippen LogP contribution in [0.15, 0.2) is 42.5 Å². The van der Waals surface area contributed by atoms with Crippen LogP contribution in [0.5, 0.6) is 5.75 Å². The van der Waals surface area contributed by atoms with Gasteiger partial charge in [0.05, 0.1) is 18.8 Å². The Morgan fingerprint density at radius 2 is 1.88 bits per heavy atom. The molecule has 2 bridgehead atoms. The predicted molar refractivity (Wildman–Crippen MR) is 119 cm³/mol. The van der Waals surface area contributed by atoms with Crippen molar-refractivity contribution in [2.24, 2.45) is 5.92 Å². The Hall–Kier alpha value is -1.67. The van der Waals surface area contributed by atoms with Crippen LogP contribution < -0.4 is 4.74 Å². The molecule has 3 aliphatic rings. The van der Waals surface area contributed by atoms with E-state index in [2.05, 4.69) is 0 Å². The van der Waals surface area contributed by atoms with E-state index in [0.29, 0.717) is 18.1 Å². The molecular formula is C25H29ClO6. The normalized spacial score (nSPS) is 34.0. The van der Waals surface area contributed by atoms with Gasteiger partial charge in [0.1, 0.15) is 18.5 Å². The number of hydrogen-bond acceptors (Lipinski definition) is 6. The van der Waals surface area contributed by atoms with Crippen LogP contribution in [0.1, 0.15) is 43.4 Å². The number of halogens is 1. The zero-order chi connectivity index (χ0) is 22.5. The molecule has 0 aromatic heterocycles. The molecule has 2 N–H and O–H groups in total. The summed E-state index contributed by atoms with van der Waals surface area (Å²) in [4.78, 5) is 0. The molecule has 2 aliphatic heterocycles. The molecule has 2 saturated heterocycles. The Morgan fingerprint density at radius 1 is 1.12 bits per heavy atom. The van der Waals surface area contributed by atoms with Crippen molar-refractivity contribution >= 4 is 11.6 Å². The number of benzene rings is 2. The van der Waals surface area contributed by atoms with Crippen LogP contribution in [0.2, 0.25) is 5.02 Å². The van der Waals surface area contributed by atoms with Crippen LogP contribution in [-0.4, -0.2) is 47.5 Å². The Labute approximate surface area is 193 Å². The molecular weight excluding hydrogens is 432 g/mol. The van der Waals surface area contributed by atoms with Crippen molar-refractivity contribution in [1.82, 2.24) is 0 Å².